The molecule has 1 aromatic carbocycles. The summed E-state index contributed by atoms with van der Waals surface area (Å²) in [4.78, 5) is 14.4. The van der Waals surface area contributed by atoms with Gasteiger partial charge in [-0.3, -0.25) is 9.55 Å². The molecular weight excluding hydrogens is 248 g/mol. The van der Waals surface area contributed by atoms with E-state index in [0.29, 0.717) is 11.2 Å². The number of methoxy groups -OCH3 is 1. The van der Waals surface area contributed by atoms with E-state index in [-0.39, 0.29) is 5.69 Å². The van der Waals surface area contributed by atoms with Gasteiger partial charge in [-0.1, -0.05) is 24.4 Å². The first kappa shape index (κ1) is 12.6. The van der Waals surface area contributed by atoms with Crippen molar-refractivity contribution in [3.05, 3.63) is 56.7 Å². The molecule has 94 valence electrons. The van der Waals surface area contributed by atoms with Crippen LogP contribution >= 0.6 is 12.2 Å². The normalized spacial score (nSPS) is 10.3. The minimum Gasteiger partial charge on any atom is -0.497 e. The molecule has 0 aliphatic rings. The van der Waals surface area contributed by atoms with Crippen LogP contribution in [0.25, 0.3) is 0 Å². The van der Waals surface area contributed by atoms with E-state index in [0.717, 1.165) is 16.9 Å². The highest BCUT2D eigenvalue weighted by Crippen LogP contribution is 2.11. The Balaban J connectivity index is 2.31. The number of rotatable bonds is 3. The van der Waals surface area contributed by atoms with Gasteiger partial charge >= 0.3 is 5.69 Å². The standard InChI is InChI=1S/C13H14N2O2S/c1-9-7-15(13(16)14-12(9)18)8-10-3-5-11(17-2)6-4-10/h3-7H,8H2,1-2H3,(H,14,16,18). The molecule has 2 aromatic rings. The number of aryl methyl sites for hydroxylation is 1. The highest BCUT2D eigenvalue weighted by atomic mass is 32.1. The van der Waals surface area contributed by atoms with Crippen molar-refractivity contribution >= 4 is 12.2 Å². The van der Waals surface area contributed by atoms with E-state index < -0.39 is 0 Å². The van der Waals surface area contributed by atoms with Gasteiger partial charge in [0, 0.05) is 11.8 Å². The van der Waals surface area contributed by atoms with Crippen LogP contribution in [0.15, 0.2) is 35.3 Å². The second kappa shape index (κ2) is 5.18. The van der Waals surface area contributed by atoms with Crippen molar-refractivity contribution < 1.29 is 4.74 Å². The number of H-pyrrole nitrogens is 1. The molecule has 0 amide bonds. The van der Waals surface area contributed by atoms with Crippen molar-refractivity contribution in [2.75, 3.05) is 7.11 Å². The first-order valence-electron chi connectivity index (χ1n) is 5.53. The number of nitrogens with zero attached hydrogens (tertiary/aromatic N) is 1. The monoisotopic (exact) mass is 262 g/mol. The van der Waals surface area contributed by atoms with Gasteiger partial charge in [-0.05, 0) is 24.6 Å². The first-order valence-corrected chi connectivity index (χ1v) is 5.94. The lowest BCUT2D eigenvalue weighted by Crippen LogP contribution is -2.23. The Kier molecular flexibility index (Phi) is 3.62. The Labute approximate surface area is 110 Å². The third-order valence-electron chi connectivity index (χ3n) is 2.70. The van der Waals surface area contributed by atoms with E-state index >= 15 is 0 Å². The van der Waals surface area contributed by atoms with Crippen LogP contribution < -0.4 is 10.4 Å². The summed E-state index contributed by atoms with van der Waals surface area (Å²) < 4.78 is 7.19. The van der Waals surface area contributed by atoms with Gasteiger partial charge < -0.3 is 4.74 Å². The van der Waals surface area contributed by atoms with Crippen molar-refractivity contribution in [2.45, 2.75) is 13.5 Å². The van der Waals surface area contributed by atoms with E-state index in [9.17, 15) is 4.79 Å². The lowest BCUT2D eigenvalue weighted by Gasteiger charge is -2.07. The van der Waals surface area contributed by atoms with Crippen molar-refractivity contribution in [2.24, 2.45) is 0 Å². The molecule has 2 rings (SSSR count). The van der Waals surface area contributed by atoms with Crippen LogP contribution in [0.3, 0.4) is 0 Å². The van der Waals surface area contributed by atoms with Crippen LogP contribution in [0.1, 0.15) is 11.1 Å². The summed E-state index contributed by atoms with van der Waals surface area (Å²) >= 11 is 5.01. The summed E-state index contributed by atoms with van der Waals surface area (Å²) in [6.07, 6.45) is 1.77. The minimum absolute atomic E-state index is 0.193. The van der Waals surface area contributed by atoms with Gasteiger partial charge in [-0.15, -0.1) is 0 Å². The number of hydrogen-bond donors (Lipinski definition) is 1. The predicted molar refractivity (Wildman–Crippen MR) is 72.7 cm³/mol. The summed E-state index contributed by atoms with van der Waals surface area (Å²) in [6.45, 7) is 2.39. The smallest absolute Gasteiger partial charge is 0.326 e. The molecule has 1 N–H and O–H groups in total. The Morgan fingerprint density at radius 2 is 2.00 bits per heavy atom. The zero-order chi connectivity index (χ0) is 13.1. The van der Waals surface area contributed by atoms with E-state index in [1.54, 1.807) is 17.9 Å². The highest BCUT2D eigenvalue weighted by molar-refractivity contribution is 7.71. The molecule has 4 nitrogen and oxygen atoms in total. The van der Waals surface area contributed by atoms with Gasteiger partial charge in [0.2, 0.25) is 0 Å². The van der Waals surface area contributed by atoms with Crippen LogP contribution in [-0.2, 0) is 6.54 Å². The van der Waals surface area contributed by atoms with E-state index in [1.807, 2.05) is 31.2 Å². The van der Waals surface area contributed by atoms with Crippen LogP contribution in [0, 0.1) is 11.6 Å². The van der Waals surface area contributed by atoms with Gasteiger partial charge in [0.25, 0.3) is 0 Å². The van der Waals surface area contributed by atoms with Crippen LogP contribution in [0.2, 0.25) is 0 Å². The van der Waals surface area contributed by atoms with Crippen molar-refractivity contribution in [3.8, 4) is 5.75 Å². The van der Waals surface area contributed by atoms with Crippen molar-refractivity contribution in [1.82, 2.24) is 9.55 Å². The summed E-state index contributed by atoms with van der Waals surface area (Å²) in [5.74, 6) is 0.801. The molecule has 1 heterocycles. The summed E-state index contributed by atoms with van der Waals surface area (Å²) in [5.41, 5.74) is 1.72. The molecule has 0 aliphatic heterocycles. The number of aromatic nitrogens is 2. The maximum atomic E-state index is 11.7. The molecule has 0 saturated heterocycles. The lowest BCUT2D eigenvalue weighted by atomic mass is 10.2. The van der Waals surface area contributed by atoms with E-state index in [2.05, 4.69) is 4.98 Å². The molecular formula is C13H14N2O2S. The number of aromatic amines is 1. The Morgan fingerprint density at radius 1 is 1.33 bits per heavy atom. The Bertz CT molecular complexity index is 656. The molecule has 0 radical (unpaired) electrons. The van der Waals surface area contributed by atoms with E-state index in [1.165, 1.54) is 0 Å². The number of ether oxygens (including phenoxy) is 1. The number of nitrogens with one attached hydrogen (secondary N) is 1. The zero-order valence-electron chi connectivity index (χ0n) is 10.3. The molecule has 0 fully saturated rings. The SMILES string of the molecule is COc1ccc(Cn2cc(C)c(=S)[nH]c2=O)cc1. The highest BCUT2D eigenvalue weighted by Gasteiger charge is 2.00. The van der Waals surface area contributed by atoms with Crippen molar-refractivity contribution in [3.63, 3.8) is 0 Å². The Hall–Kier alpha value is -1.88. The van der Waals surface area contributed by atoms with Crippen LogP contribution in [0.5, 0.6) is 5.75 Å². The Morgan fingerprint density at radius 3 is 2.61 bits per heavy atom. The number of benzene rings is 1. The lowest BCUT2D eigenvalue weighted by molar-refractivity contribution is 0.414. The minimum atomic E-state index is -0.193. The average Bonchev–Trinajstić information content (AvgIpc) is 2.37. The number of hydrogen-bond acceptors (Lipinski definition) is 3. The fourth-order valence-electron chi connectivity index (χ4n) is 1.66. The van der Waals surface area contributed by atoms with Gasteiger partial charge in [-0.25, -0.2) is 4.79 Å². The summed E-state index contributed by atoms with van der Waals surface area (Å²) in [6, 6.07) is 7.61. The largest absolute Gasteiger partial charge is 0.497 e. The zero-order valence-corrected chi connectivity index (χ0v) is 11.1. The predicted octanol–water partition coefficient (Wildman–Crippen LogP) is 2.27. The first-order chi connectivity index (χ1) is 8.60. The summed E-state index contributed by atoms with van der Waals surface area (Å²) in [5, 5.41) is 0. The van der Waals surface area contributed by atoms with Crippen LogP contribution in [0.4, 0.5) is 0 Å². The molecule has 0 aliphatic carbocycles. The van der Waals surface area contributed by atoms with Gasteiger partial charge in [-0.2, -0.15) is 0 Å². The fourth-order valence-corrected chi connectivity index (χ4v) is 1.80. The second-order valence-corrected chi connectivity index (χ2v) is 4.46. The van der Waals surface area contributed by atoms with Gasteiger partial charge in [0.05, 0.1) is 13.7 Å². The topological polar surface area (TPSA) is 47.0 Å². The molecule has 0 bridgehead atoms. The molecule has 18 heavy (non-hydrogen) atoms. The molecule has 0 saturated carbocycles. The van der Waals surface area contributed by atoms with Gasteiger partial charge in [0.1, 0.15) is 10.4 Å². The molecule has 5 heteroatoms. The fraction of sp³-hybridized carbons (Fsp3) is 0.231. The molecule has 0 atom stereocenters. The maximum absolute atomic E-state index is 11.7. The maximum Gasteiger partial charge on any atom is 0.326 e. The average molecular weight is 262 g/mol. The van der Waals surface area contributed by atoms with Crippen LogP contribution in [-0.4, -0.2) is 16.7 Å². The van der Waals surface area contributed by atoms with Crippen molar-refractivity contribution in [1.29, 1.82) is 0 Å². The third-order valence-corrected chi connectivity index (χ3v) is 3.12. The second-order valence-electron chi connectivity index (χ2n) is 4.05. The molecule has 0 spiro atoms. The quantitative estimate of drug-likeness (QED) is 0.863. The molecule has 1 aromatic heterocycles. The summed E-state index contributed by atoms with van der Waals surface area (Å²) in [7, 11) is 1.63. The third kappa shape index (κ3) is 2.68. The van der Waals surface area contributed by atoms with E-state index in [4.69, 9.17) is 17.0 Å². The molecule has 0 unspecified atom stereocenters. The van der Waals surface area contributed by atoms with Gasteiger partial charge in [0.15, 0.2) is 0 Å².